The van der Waals surface area contributed by atoms with E-state index in [-0.39, 0.29) is 0 Å². The molecule has 324 valence electrons. The first-order valence-electron chi connectivity index (χ1n) is 25.5. The largest absolute Gasteiger partial charge is 0.493 e. The average Bonchev–Trinajstić information content (AvgIpc) is 3.52. The molecule has 1 aliphatic rings. The van der Waals surface area contributed by atoms with Crippen LogP contribution in [0.4, 0.5) is 0 Å². The predicted molar refractivity (Wildman–Crippen MR) is 257 cm³/mol. The molecule has 2 nitrogen and oxygen atoms in total. The van der Waals surface area contributed by atoms with Gasteiger partial charge in [-0.1, -0.05) is 231 Å². The molecular formula is C56H90N2. The number of aryl methyl sites for hydroxylation is 2. The fraction of sp³-hybridized carbons (Fsp3) is 0.679. The molecular weight excluding hydrogens is 701 g/mol. The minimum Gasteiger partial charge on any atom is -0.493 e. The second-order valence-electron chi connectivity index (χ2n) is 17.9. The molecule has 0 spiro atoms. The van der Waals surface area contributed by atoms with Gasteiger partial charge in [-0.05, 0) is 86.8 Å². The second kappa shape index (κ2) is 33.0. The fourth-order valence-corrected chi connectivity index (χ4v) is 8.92. The quantitative estimate of drug-likeness (QED) is 0.0481. The van der Waals surface area contributed by atoms with Crippen molar-refractivity contribution < 1.29 is 4.70 Å². The number of unbranched alkanes of at least 4 members (excludes halogenated alkanes) is 27. The fourth-order valence-electron chi connectivity index (χ4n) is 8.92. The van der Waals surface area contributed by atoms with Crippen molar-refractivity contribution in [1.29, 1.82) is 0 Å². The molecule has 2 aromatic rings. The van der Waals surface area contributed by atoms with E-state index in [1.54, 1.807) is 4.70 Å². The standard InChI is InChI=1S/C56H90N2/c1-5-9-13-14-15-16-17-18-19-20-21-22-23-24-25-26-27-28-29-30-31-32-33-34-35-36-46-54-53(45-12-8-4)55(51-43-37-41-49(47-51)39-10-6-2)58(57)56(54)52-44-38-42-50(48-52)40-11-7-3/h36-38,41-44,46-48H,5-35,39-40,45H2,1-4H3. The second-order valence-corrected chi connectivity index (χ2v) is 17.9. The summed E-state index contributed by atoms with van der Waals surface area (Å²) in [4.78, 5) is 0. The Morgan fingerprint density at radius 3 is 1.19 bits per heavy atom. The zero-order chi connectivity index (χ0) is 41.3. The number of benzene rings is 2. The highest BCUT2D eigenvalue weighted by Gasteiger charge is 2.34. The Balaban J connectivity index is 1.39. The van der Waals surface area contributed by atoms with Gasteiger partial charge in [0.15, 0.2) is 0 Å². The SMILES string of the molecule is CCCCCCCCCCCCCCCCCCCCCCCCCCC=CC1=C(c2cccc(CCCC)c2)[N+](=[N-])C(c2cccc(CCCC)c2)=C1CCCC. The predicted octanol–water partition coefficient (Wildman–Crippen LogP) is 19.1. The van der Waals surface area contributed by atoms with E-state index in [4.69, 9.17) is 0 Å². The summed E-state index contributed by atoms with van der Waals surface area (Å²) >= 11 is 0. The smallest absolute Gasteiger partial charge is 0.215 e. The maximum Gasteiger partial charge on any atom is 0.215 e. The summed E-state index contributed by atoms with van der Waals surface area (Å²) in [6, 6.07) is 17.9. The van der Waals surface area contributed by atoms with Gasteiger partial charge in [-0.25, -0.2) is 4.70 Å². The van der Waals surface area contributed by atoms with Gasteiger partial charge in [0.25, 0.3) is 0 Å². The number of rotatable bonds is 37. The van der Waals surface area contributed by atoms with E-state index in [0.717, 1.165) is 61.0 Å². The van der Waals surface area contributed by atoms with Crippen molar-refractivity contribution in [3.8, 4) is 0 Å². The molecule has 0 saturated carbocycles. The van der Waals surface area contributed by atoms with Gasteiger partial charge in [-0.2, -0.15) is 0 Å². The third-order valence-corrected chi connectivity index (χ3v) is 12.6. The lowest BCUT2D eigenvalue weighted by molar-refractivity contribution is -0.345. The molecule has 0 N–H and O–H groups in total. The van der Waals surface area contributed by atoms with Gasteiger partial charge in [-0.3, -0.25) is 0 Å². The Bertz CT molecular complexity index is 1460. The molecule has 58 heavy (non-hydrogen) atoms. The zero-order valence-electron chi connectivity index (χ0n) is 38.7. The van der Waals surface area contributed by atoms with Crippen molar-refractivity contribution in [3.63, 3.8) is 0 Å². The van der Waals surface area contributed by atoms with Crippen LogP contribution in [0.5, 0.6) is 0 Å². The van der Waals surface area contributed by atoms with Crippen LogP contribution in [0.3, 0.4) is 0 Å². The molecule has 0 saturated heterocycles. The Morgan fingerprint density at radius 2 is 0.776 bits per heavy atom. The lowest BCUT2D eigenvalue weighted by atomic mass is 9.93. The minimum absolute atomic E-state index is 0.953. The molecule has 0 amide bonds. The summed E-state index contributed by atoms with van der Waals surface area (Å²) in [6.07, 6.45) is 50.3. The highest BCUT2D eigenvalue weighted by Crippen LogP contribution is 2.43. The van der Waals surface area contributed by atoms with Crippen LogP contribution in [0.25, 0.3) is 16.9 Å². The number of nitrogens with zero attached hydrogens (tertiary/aromatic N) is 2. The summed E-state index contributed by atoms with van der Waals surface area (Å²) in [5.41, 5.74) is 21.5. The molecule has 0 aromatic heterocycles. The van der Waals surface area contributed by atoms with Gasteiger partial charge in [0.1, 0.15) is 0 Å². The monoisotopic (exact) mass is 791 g/mol. The summed E-state index contributed by atoms with van der Waals surface area (Å²) in [7, 11) is 0. The van der Waals surface area contributed by atoms with Crippen molar-refractivity contribution >= 4 is 11.4 Å². The number of hydrogen-bond donors (Lipinski definition) is 0. The van der Waals surface area contributed by atoms with Gasteiger partial charge >= 0.3 is 0 Å². The lowest BCUT2D eigenvalue weighted by Crippen LogP contribution is -2.03. The maximum absolute atomic E-state index is 12.1. The molecule has 1 aliphatic heterocycles. The third-order valence-electron chi connectivity index (χ3n) is 12.6. The van der Waals surface area contributed by atoms with Crippen LogP contribution >= 0.6 is 0 Å². The van der Waals surface area contributed by atoms with E-state index in [2.05, 4.69) is 88.4 Å². The van der Waals surface area contributed by atoms with E-state index in [0.29, 0.717) is 0 Å². The topological polar surface area (TPSA) is 25.3 Å². The minimum atomic E-state index is 0.953. The van der Waals surface area contributed by atoms with Crippen molar-refractivity contribution in [2.45, 2.75) is 246 Å². The van der Waals surface area contributed by atoms with E-state index in [9.17, 15) is 5.53 Å². The Kier molecular flexibility index (Phi) is 28.3. The molecule has 0 radical (unpaired) electrons. The third kappa shape index (κ3) is 20.0. The zero-order valence-corrected chi connectivity index (χ0v) is 38.7. The van der Waals surface area contributed by atoms with Crippen LogP contribution in [0, 0.1) is 0 Å². The van der Waals surface area contributed by atoms with Crippen molar-refractivity contribution in [3.05, 3.63) is 99.6 Å². The molecule has 0 aliphatic carbocycles. The van der Waals surface area contributed by atoms with Crippen molar-refractivity contribution in [1.82, 2.24) is 0 Å². The van der Waals surface area contributed by atoms with Gasteiger partial charge < -0.3 is 5.53 Å². The van der Waals surface area contributed by atoms with Crippen LogP contribution in [0.1, 0.15) is 255 Å². The van der Waals surface area contributed by atoms with Gasteiger partial charge in [0.2, 0.25) is 11.4 Å². The van der Waals surface area contributed by atoms with Crippen LogP contribution in [0.15, 0.2) is 71.8 Å². The molecule has 3 rings (SSSR count). The van der Waals surface area contributed by atoms with Gasteiger partial charge in [-0.15, -0.1) is 0 Å². The molecule has 0 bridgehead atoms. The first-order valence-corrected chi connectivity index (χ1v) is 25.5. The van der Waals surface area contributed by atoms with Crippen LogP contribution in [-0.4, -0.2) is 4.70 Å². The van der Waals surface area contributed by atoms with E-state index >= 15 is 0 Å². The van der Waals surface area contributed by atoms with E-state index < -0.39 is 0 Å². The van der Waals surface area contributed by atoms with Gasteiger partial charge in [0.05, 0.1) is 5.57 Å². The number of allylic oxidation sites excluding steroid dienone is 4. The molecule has 0 fully saturated rings. The normalized spacial score (nSPS) is 13.3. The number of hydrogen-bond acceptors (Lipinski definition) is 0. The average molecular weight is 791 g/mol. The summed E-state index contributed by atoms with van der Waals surface area (Å²) in [5.74, 6) is 0. The Labute approximate surface area is 360 Å². The highest BCUT2D eigenvalue weighted by atomic mass is 15.2. The van der Waals surface area contributed by atoms with E-state index in [1.807, 2.05) is 0 Å². The maximum atomic E-state index is 12.1. The molecule has 2 heteroatoms. The molecule has 0 unspecified atom stereocenters. The molecule has 0 atom stereocenters. The molecule has 1 heterocycles. The van der Waals surface area contributed by atoms with Crippen LogP contribution < -0.4 is 0 Å². The summed E-state index contributed by atoms with van der Waals surface area (Å²) in [6.45, 7) is 9.10. The highest BCUT2D eigenvalue weighted by molar-refractivity contribution is 5.84. The van der Waals surface area contributed by atoms with Gasteiger partial charge in [0, 0.05) is 16.7 Å². The van der Waals surface area contributed by atoms with Crippen LogP contribution in [-0.2, 0) is 12.8 Å². The molecule has 2 aromatic carbocycles. The van der Waals surface area contributed by atoms with Crippen molar-refractivity contribution in [2.75, 3.05) is 0 Å². The first-order chi connectivity index (χ1) is 28.6. The first kappa shape index (κ1) is 49.6. The lowest BCUT2D eigenvalue weighted by Gasteiger charge is -2.11. The Hall–Kier alpha value is -2.74. The van der Waals surface area contributed by atoms with Crippen LogP contribution in [0.2, 0.25) is 0 Å². The van der Waals surface area contributed by atoms with E-state index in [1.165, 1.54) is 202 Å². The summed E-state index contributed by atoms with van der Waals surface area (Å²) < 4.78 is 1.54. The van der Waals surface area contributed by atoms with Crippen molar-refractivity contribution in [2.24, 2.45) is 0 Å². The Morgan fingerprint density at radius 1 is 0.414 bits per heavy atom. The summed E-state index contributed by atoms with van der Waals surface area (Å²) in [5, 5.41) is 0.